The van der Waals surface area contributed by atoms with Crippen molar-refractivity contribution in [3.05, 3.63) is 6.42 Å². The number of methoxy groups -OCH3 is 1. The molecule has 1 radical (unpaired) electrons. The van der Waals surface area contributed by atoms with Gasteiger partial charge in [-0.15, -0.1) is 0 Å². The van der Waals surface area contributed by atoms with Crippen LogP contribution in [0.1, 0.15) is 6.42 Å². The minimum absolute atomic E-state index is 0.0938. The third kappa shape index (κ3) is 1.70. The molecule has 57 valence electrons. The lowest BCUT2D eigenvalue weighted by atomic mass is 10.4. The number of hydrogen-bond acceptors (Lipinski definition) is 2. The molecule has 0 unspecified atom stereocenters. The maximum Gasteiger partial charge on any atom is 0.248 e. The molecule has 1 heterocycles. The molecule has 0 aromatic rings. The van der Waals surface area contributed by atoms with Gasteiger partial charge in [0.15, 0.2) is 0 Å². The number of ether oxygens (including phenoxy) is 1. The Hall–Kier alpha value is -0.570. The highest BCUT2D eigenvalue weighted by atomic mass is 16.5. The summed E-state index contributed by atoms with van der Waals surface area (Å²) in [6.07, 6.45) is 3.13. The average molecular weight is 142 g/mol. The fourth-order valence-electron chi connectivity index (χ4n) is 1.03. The van der Waals surface area contributed by atoms with Crippen LogP contribution in [0.15, 0.2) is 0 Å². The van der Waals surface area contributed by atoms with Crippen LogP contribution in [-0.4, -0.2) is 37.6 Å². The summed E-state index contributed by atoms with van der Waals surface area (Å²) in [6, 6.07) is 0. The third-order valence-corrected chi connectivity index (χ3v) is 1.57. The first kappa shape index (κ1) is 7.54. The zero-order chi connectivity index (χ0) is 7.40. The first-order valence-corrected chi connectivity index (χ1v) is 3.43. The molecule has 1 rings (SSSR count). The van der Waals surface area contributed by atoms with Gasteiger partial charge in [-0.05, 0) is 12.8 Å². The van der Waals surface area contributed by atoms with Crippen LogP contribution in [0.4, 0.5) is 0 Å². The van der Waals surface area contributed by atoms with Crippen LogP contribution in [0.5, 0.6) is 0 Å². The number of amides is 1. The van der Waals surface area contributed by atoms with Crippen molar-refractivity contribution >= 4 is 5.91 Å². The minimum atomic E-state index is 0.0938. The Bertz CT molecular complexity index is 119. The average Bonchev–Trinajstić information content (AvgIpc) is 2.38. The molecular formula is C7H12NO2. The van der Waals surface area contributed by atoms with Crippen LogP contribution in [0, 0.1) is 6.42 Å². The highest BCUT2D eigenvalue weighted by molar-refractivity contribution is 5.77. The van der Waals surface area contributed by atoms with E-state index in [1.54, 1.807) is 4.90 Å². The number of carbonyl (C=O) groups is 1. The van der Waals surface area contributed by atoms with Gasteiger partial charge in [0, 0.05) is 20.2 Å². The van der Waals surface area contributed by atoms with E-state index in [0.29, 0.717) is 0 Å². The highest BCUT2D eigenvalue weighted by Gasteiger charge is 2.16. The van der Waals surface area contributed by atoms with Gasteiger partial charge in [0.25, 0.3) is 0 Å². The Morgan fingerprint density at radius 3 is 3.10 bits per heavy atom. The quantitative estimate of drug-likeness (QED) is 0.546. The van der Waals surface area contributed by atoms with E-state index in [1.165, 1.54) is 7.11 Å². The monoisotopic (exact) mass is 142 g/mol. The molecule has 0 aromatic carbocycles. The molecular weight excluding hydrogens is 130 g/mol. The van der Waals surface area contributed by atoms with Gasteiger partial charge in [-0.25, -0.2) is 0 Å². The summed E-state index contributed by atoms with van der Waals surface area (Å²) in [5.74, 6) is 0.0938. The molecule has 0 aliphatic carbocycles. The van der Waals surface area contributed by atoms with Gasteiger partial charge in [0.1, 0.15) is 6.61 Å². The Morgan fingerprint density at radius 2 is 2.60 bits per heavy atom. The van der Waals surface area contributed by atoms with Crippen molar-refractivity contribution in [1.29, 1.82) is 0 Å². The van der Waals surface area contributed by atoms with Gasteiger partial charge < -0.3 is 9.64 Å². The largest absolute Gasteiger partial charge is 0.375 e. The van der Waals surface area contributed by atoms with Gasteiger partial charge in [-0.3, -0.25) is 4.79 Å². The molecule has 1 aliphatic rings. The smallest absolute Gasteiger partial charge is 0.248 e. The van der Waals surface area contributed by atoms with Crippen LogP contribution >= 0.6 is 0 Å². The number of nitrogens with zero attached hydrogens (tertiary/aromatic N) is 1. The topological polar surface area (TPSA) is 29.5 Å². The van der Waals surface area contributed by atoms with E-state index in [-0.39, 0.29) is 12.5 Å². The predicted octanol–water partition coefficient (Wildman–Crippen LogP) is 0.0694. The Labute approximate surface area is 61.0 Å². The van der Waals surface area contributed by atoms with E-state index in [1.807, 2.05) is 0 Å². The molecule has 0 atom stereocenters. The lowest BCUT2D eigenvalue weighted by molar-refractivity contribution is -0.133. The number of rotatable bonds is 2. The van der Waals surface area contributed by atoms with Crippen molar-refractivity contribution in [3.8, 4) is 0 Å². The SMILES string of the molecule is COCC(=O)N1C[CH]CC1. The van der Waals surface area contributed by atoms with Crippen molar-refractivity contribution in [2.45, 2.75) is 6.42 Å². The second-order valence-electron chi connectivity index (χ2n) is 2.35. The zero-order valence-corrected chi connectivity index (χ0v) is 6.17. The maximum atomic E-state index is 11.0. The normalized spacial score (nSPS) is 17.9. The number of carbonyl (C=O) groups excluding carboxylic acids is 1. The first-order valence-electron chi connectivity index (χ1n) is 3.43. The van der Waals surface area contributed by atoms with Gasteiger partial charge in [-0.1, -0.05) is 0 Å². The van der Waals surface area contributed by atoms with Crippen LogP contribution in [0.25, 0.3) is 0 Å². The second-order valence-corrected chi connectivity index (χ2v) is 2.35. The molecule has 1 saturated heterocycles. The lowest BCUT2D eigenvalue weighted by Crippen LogP contribution is -2.30. The van der Waals surface area contributed by atoms with E-state index in [4.69, 9.17) is 4.74 Å². The molecule has 0 bridgehead atoms. The van der Waals surface area contributed by atoms with Crippen molar-refractivity contribution in [2.75, 3.05) is 26.8 Å². The van der Waals surface area contributed by atoms with Gasteiger partial charge in [0.05, 0.1) is 0 Å². The molecule has 1 aliphatic heterocycles. The van der Waals surface area contributed by atoms with Crippen LogP contribution in [-0.2, 0) is 9.53 Å². The standard InChI is InChI=1S/C7H12NO2/c1-10-6-7(9)8-4-2-3-5-8/h2H,3-6H2,1H3. The Morgan fingerprint density at radius 1 is 1.80 bits per heavy atom. The summed E-state index contributed by atoms with van der Waals surface area (Å²) < 4.78 is 4.71. The number of likely N-dealkylation sites (tertiary alicyclic amines) is 1. The molecule has 3 nitrogen and oxygen atoms in total. The highest BCUT2D eigenvalue weighted by Crippen LogP contribution is 2.05. The van der Waals surface area contributed by atoms with Crippen molar-refractivity contribution in [1.82, 2.24) is 4.90 Å². The van der Waals surface area contributed by atoms with Gasteiger partial charge in [0.2, 0.25) is 5.91 Å². The minimum Gasteiger partial charge on any atom is -0.375 e. The van der Waals surface area contributed by atoms with Crippen molar-refractivity contribution in [3.63, 3.8) is 0 Å². The lowest BCUT2D eigenvalue weighted by Gasteiger charge is -2.13. The molecule has 0 N–H and O–H groups in total. The molecule has 3 heteroatoms. The predicted molar refractivity (Wildman–Crippen MR) is 37.4 cm³/mol. The van der Waals surface area contributed by atoms with Crippen LogP contribution in [0.2, 0.25) is 0 Å². The fraction of sp³-hybridized carbons (Fsp3) is 0.714. The summed E-state index contributed by atoms with van der Waals surface area (Å²) in [5.41, 5.74) is 0. The van der Waals surface area contributed by atoms with E-state index >= 15 is 0 Å². The maximum absolute atomic E-state index is 11.0. The molecule has 0 spiro atoms. The fourth-order valence-corrected chi connectivity index (χ4v) is 1.03. The van der Waals surface area contributed by atoms with Crippen LogP contribution < -0.4 is 0 Å². The van der Waals surface area contributed by atoms with Gasteiger partial charge in [-0.2, -0.15) is 0 Å². The summed E-state index contributed by atoms with van der Waals surface area (Å²) in [7, 11) is 1.54. The summed E-state index contributed by atoms with van der Waals surface area (Å²) >= 11 is 0. The molecule has 1 amide bonds. The summed E-state index contributed by atoms with van der Waals surface area (Å²) in [4.78, 5) is 12.8. The van der Waals surface area contributed by atoms with Crippen molar-refractivity contribution in [2.24, 2.45) is 0 Å². The van der Waals surface area contributed by atoms with E-state index in [2.05, 4.69) is 6.42 Å². The molecule has 0 saturated carbocycles. The summed E-state index contributed by atoms with van der Waals surface area (Å²) in [5, 5.41) is 0. The Balaban J connectivity index is 2.25. The third-order valence-electron chi connectivity index (χ3n) is 1.57. The van der Waals surface area contributed by atoms with Gasteiger partial charge >= 0.3 is 0 Å². The summed E-state index contributed by atoms with van der Waals surface area (Å²) in [6.45, 7) is 1.87. The Kier molecular flexibility index (Phi) is 2.68. The molecule has 10 heavy (non-hydrogen) atoms. The zero-order valence-electron chi connectivity index (χ0n) is 6.17. The van der Waals surface area contributed by atoms with Crippen LogP contribution in [0.3, 0.4) is 0 Å². The molecule has 0 aromatic heterocycles. The molecule has 1 fully saturated rings. The van der Waals surface area contributed by atoms with Crippen molar-refractivity contribution < 1.29 is 9.53 Å². The first-order chi connectivity index (χ1) is 4.84. The van der Waals surface area contributed by atoms with E-state index < -0.39 is 0 Å². The second kappa shape index (κ2) is 3.56. The number of hydrogen-bond donors (Lipinski definition) is 0. The van der Waals surface area contributed by atoms with E-state index in [0.717, 1.165) is 19.5 Å². The van der Waals surface area contributed by atoms with E-state index in [9.17, 15) is 4.79 Å².